The molecule has 70 valence electrons. The largest absolute Gasteiger partial charge is 0.389 e. The van der Waals surface area contributed by atoms with Crippen LogP contribution < -0.4 is 5.73 Å². The summed E-state index contributed by atoms with van der Waals surface area (Å²) in [6.07, 6.45) is 8.12. The fourth-order valence-corrected chi connectivity index (χ4v) is 2.82. The Morgan fingerprint density at radius 3 is 2.17 bits per heavy atom. The van der Waals surface area contributed by atoms with Crippen molar-refractivity contribution in [2.75, 3.05) is 0 Å². The molecule has 2 fully saturated rings. The maximum Gasteiger partial charge on any atom is 0.0705 e. The van der Waals surface area contributed by atoms with Gasteiger partial charge in [0.25, 0.3) is 0 Å². The van der Waals surface area contributed by atoms with Gasteiger partial charge >= 0.3 is 0 Å². The van der Waals surface area contributed by atoms with Crippen molar-refractivity contribution >= 4 is 0 Å². The molecular weight excluding hydrogens is 150 g/mol. The van der Waals surface area contributed by atoms with Gasteiger partial charge in [0.05, 0.1) is 5.60 Å². The van der Waals surface area contributed by atoms with Gasteiger partial charge < -0.3 is 10.8 Å². The number of hydrogen-bond acceptors (Lipinski definition) is 2. The third kappa shape index (κ3) is 1.38. The first-order valence-electron chi connectivity index (χ1n) is 5.19. The maximum atomic E-state index is 10.1. The maximum absolute atomic E-state index is 10.1. The zero-order chi connectivity index (χ0) is 8.60. The van der Waals surface area contributed by atoms with E-state index in [-0.39, 0.29) is 11.6 Å². The van der Waals surface area contributed by atoms with Crippen LogP contribution in [0.2, 0.25) is 0 Å². The molecule has 0 amide bonds. The SMILES string of the molecule is NC1CC(O)(C2CCCCC2)C1. The molecule has 0 unspecified atom stereocenters. The van der Waals surface area contributed by atoms with Gasteiger partial charge in [0.15, 0.2) is 0 Å². The van der Waals surface area contributed by atoms with Crippen LogP contribution in [-0.4, -0.2) is 16.7 Å². The van der Waals surface area contributed by atoms with Gasteiger partial charge in [-0.25, -0.2) is 0 Å². The summed E-state index contributed by atoms with van der Waals surface area (Å²) in [6.45, 7) is 0. The zero-order valence-electron chi connectivity index (χ0n) is 7.63. The standard InChI is InChI=1S/C10H19NO/c11-9-6-10(12,7-9)8-4-2-1-3-5-8/h8-9,12H,1-7,11H2. The summed E-state index contributed by atoms with van der Waals surface area (Å²) in [6, 6.07) is 0.275. The molecule has 2 saturated carbocycles. The van der Waals surface area contributed by atoms with Crippen LogP contribution in [0.5, 0.6) is 0 Å². The van der Waals surface area contributed by atoms with Gasteiger partial charge in [-0.3, -0.25) is 0 Å². The molecule has 2 nitrogen and oxygen atoms in total. The van der Waals surface area contributed by atoms with Crippen LogP contribution in [0.1, 0.15) is 44.9 Å². The van der Waals surface area contributed by atoms with Crippen LogP contribution in [0.3, 0.4) is 0 Å². The molecule has 2 heteroatoms. The molecule has 2 aliphatic carbocycles. The minimum absolute atomic E-state index is 0.275. The van der Waals surface area contributed by atoms with Crippen LogP contribution in [0.4, 0.5) is 0 Å². The first kappa shape index (κ1) is 8.52. The minimum Gasteiger partial charge on any atom is -0.389 e. The van der Waals surface area contributed by atoms with Gasteiger partial charge in [0, 0.05) is 6.04 Å². The fourth-order valence-electron chi connectivity index (χ4n) is 2.82. The Morgan fingerprint density at radius 2 is 1.67 bits per heavy atom. The Bertz CT molecular complexity index is 157. The van der Waals surface area contributed by atoms with E-state index < -0.39 is 0 Å². The second kappa shape index (κ2) is 3.00. The highest BCUT2D eigenvalue weighted by Gasteiger charge is 2.46. The Labute approximate surface area is 74.1 Å². The second-order valence-corrected chi connectivity index (χ2v) is 4.61. The molecule has 0 aromatic heterocycles. The summed E-state index contributed by atoms with van der Waals surface area (Å²) >= 11 is 0. The van der Waals surface area contributed by atoms with Crippen molar-refractivity contribution in [2.24, 2.45) is 11.7 Å². The highest BCUT2D eigenvalue weighted by Crippen LogP contribution is 2.43. The number of nitrogens with two attached hydrogens (primary N) is 1. The van der Waals surface area contributed by atoms with Crippen molar-refractivity contribution in [3.63, 3.8) is 0 Å². The van der Waals surface area contributed by atoms with E-state index in [4.69, 9.17) is 5.73 Å². The average molecular weight is 169 g/mol. The number of rotatable bonds is 1. The quantitative estimate of drug-likeness (QED) is 0.623. The molecule has 12 heavy (non-hydrogen) atoms. The first-order chi connectivity index (χ1) is 5.71. The molecule has 0 spiro atoms. The van der Waals surface area contributed by atoms with Crippen LogP contribution in [0.15, 0.2) is 0 Å². The molecule has 0 aliphatic heterocycles. The molecule has 0 saturated heterocycles. The second-order valence-electron chi connectivity index (χ2n) is 4.61. The predicted molar refractivity (Wildman–Crippen MR) is 48.7 cm³/mol. The van der Waals surface area contributed by atoms with Gasteiger partial charge in [-0.05, 0) is 31.6 Å². The molecular formula is C10H19NO. The van der Waals surface area contributed by atoms with E-state index in [1.54, 1.807) is 0 Å². The van der Waals surface area contributed by atoms with Crippen molar-refractivity contribution in [2.45, 2.75) is 56.6 Å². The summed E-state index contributed by atoms with van der Waals surface area (Å²) < 4.78 is 0. The summed E-state index contributed by atoms with van der Waals surface area (Å²) in [7, 11) is 0. The third-order valence-corrected chi connectivity index (χ3v) is 3.60. The molecule has 2 rings (SSSR count). The Kier molecular flexibility index (Phi) is 2.13. The highest BCUT2D eigenvalue weighted by molar-refractivity contribution is 5.01. The molecule has 0 aromatic rings. The molecule has 0 bridgehead atoms. The van der Waals surface area contributed by atoms with Crippen LogP contribution in [0.25, 0.3) is 0 Å². The van der Waals surface area contributed by atoms with E-state index >= 15 is 0 Å². The van der Waals surface area contributed by atoms with Crippen molar-refractivity contribution in [1.29, 1.82) is 0 Å². The van der Waals surface area contributed by atoms with E-state index in [9.17, 15) is 5.11 Å². The molecule has 2 aliphatic rings. The summed E-state index contributed by atoms with van der Waals surface area (Å²) in [5.41, 5.74) is 5.34. The van der Waals surface area contributed by atoms with Gasteiger partial charge in [-0.2, -0.15) is 0 Å². The van der Waals surface area contributed by atoms with E-state index in [1.807, 2.05) is 0 Å². The molecule has 3 N–H and O–H groups in total. The zero-order valence-corrected chi connectivity index (χ0v) is 7.63. The Morgan fingerprint density at radius 1 is 1.08 bits per heavy atom. The van der Waals surface area contributed by atoms with Crippen LogP contribution in [0, 0.1) is 5.92 Å². The summed E-state index contributed by atoms with van der Waals surface area (Å²) in [4.78, 5) is 0. The van der Waals surface area contributed by atoms with Crippen molar-refractivity contribution in [3.8, 4) is 0 Å². The lowest BCUT2D eigenvalue weighted by molar-refractivity contribution is -0.104. The van der Waals surface area contributed by atoms with E-state index in [0.29, 0.717) is 5.92 Å². The van der Waals surface area contributed by atoms with E-state index in [2.05, 4.69) is 0 Å². The van der Waals surface area contributed by atoms with Crippen LogP contribution in [-0.2, 0) is 0 Å². The summed E-state index contributed by atoms with van der Waals surface area (Å²) in [5, 5.41) is 10.1. The number of aliphatic hydroxyl groups is 1. The molecule has 0 heterocycles. The molecule has 0 aromatic carbocycles. The minimum atomic E-state index is -0.361. The van der Waals surface area contributed by atoms with E-state index in [1.165, 1.54) is 32.1 Å². The first-order valence-corrected chi connectivity index (χ1v) is 5.19. The number of hydrogen-bond donors (Lipinski definition) is 2. The van der Waals surface area contributed by atoms with Gasteiger partial charge in [0.1, 0.15) is 0 Å². The smallest absolute Gasteiger partial charge is 0.0705 e. The Hall–Kier alpha value is -0.0800. The normalized spacial score (nSPS) is 44.0. The Balaban J connectivity index is 1.90. The average Bonchev–Trinajstić information content (AvgIpc) is 2.04. The van der Waals surface area contributed by atoms with Gasteiger partial charge in [-0.1, -0.05) is 19.3 Å². The van der Waals surface area contributed by atoms with Gasteiger partial charge in [0.2, 0.25) is 0 Å². The van der Waals surface area contributed by atoms with Crippen molar-refractivity contribution in [1.82, 2.24) is 0 Å². The van der Waals surface area contributed by atoms with Crippen molar-refractivity contribution in [3.05, 3.63) is 0 Å². The molecule has 0 atom stereocenters. The van der Waals surface area contributed by atoms with Gasteiger partial charge in [-0.15, -0.1) is 0 Å². The highest BCUT2D eigenvalue weighted by atomic mass is 16.3. The predicted octanol–water partition coefficient (Wildman–Crippen LogP) is 1.42. The monoisotopic (exact) mass is 169 g/mol. The lowest BCUT2D eigenvalue weighted by Crippen LogP contribution is -2.56. The van der Waals surface area contributed by atoms with Crippen LogP contribution >= 0.6 is 0 Å². The lowest BCUT2D eigenvalue weighted by atomic mass is 9.64. The summed E-state index contributed by atoms with van der Waals surface area (Å²) in [5.74, 6) is 0.561. The lowest BCUT2D eigenvalue weighted by Gasteiger charge is -2.48. The third-order valence-electron chi connectivity index (χ3n) is 3.60. The van der Waals surface area contributed by atoms with E-state index in [0.717, 1.165) is 12.8 Å². The molecule has 0 radical (unpaired) electrons. The fraction of sp³-hybridized carbons (Fsp3) is 1.00. The van der Waals surface area contributed by atoms with Crippen molar-refractivity contribution < 1.29 is 5.11 Å². The topological polar surface area (TPSA) is 46.2 Å².